The third-order valence-corrected chi connectivity index (χ3v) is 3.81. The summed E-state index contributed by atoms with van der Waals surface area (Å²) < 4.78 is 4.83. The largest absolute Gasteiger partial charge is 0.469 e. The fourth-order valence-corrected chi connectivity index (χ4v) is 2.50. The number of ether oxygens (including phenoxy) is 1. The van der Waals surface area contributed by atoms with E-state index in [1.54, 1.807) is 19.1 Å². The molecule has 112 valence electrons. The van der Waals surface area contributed by atoms with Crippen LogP contribution < -0.4 is 0 Å². The molecule has 0 fully saturated rings. The minimum atomic E-state index is -1.13. The summed E-state index contributed by atoms with van der Waals surface area (Å²) in [7, 11) is 1.36. The monoisotopic (exact) mass is 298 g/mol. The van der Waals surface area contributed by atoms with Crippen LogP contribution in [0.4, 0.5) is 0 Å². The van der Waals surface area contributed by atoms with Gasteiger partial charge in [0.2, 0.25) is 0 Å². The van der Waals surface area contributed by atoms with E-state index < -0.39 is 11.5 Å². The number of aliphatic hydroxyl groups is 1. The molecule has 0 aliphatic heterocycles. The van der Waals surface area contributed by atoms with E-state index in [0.29, 0.717) is 17.9 Å². The molecule has 0 spiro atoms. The molecule has 1 aromatic rings. The standard InChI is InChI=1S/C16H23ClO3/c1-4-5-6-14(15(18)20-3)16(2,19)11-12-7-9-13(17)10-8-12/h7-10,14,19H,4-6,11H2,1-3H3. The van der Waals surface area contributed by atoms with Gasteiger partial charge in [0.05, 0.1) is 18.6 Å². The van der Waals surface area contributed by atoms with Gasteiger partial charge in [-0.1, -0.05) is 43.5 Å². The lowest BCUT2D eigenvalue weighted by Crippen LogP contribution is -2.42. The number of hydrogen-bond acceptors (Lipinski definition) is 3. The highest BCUT2D eigenvalue weighted by Crippen LogP contribution is 2.28. The zero-order chi connectivity index (χ0) is 15.2. The van der Waals surface area contributed by atoms with E-state index in [9.17, 15) is 9.90 Å². The smallest absolute Gasteiger partial charge is 0.311 e. The Bertz CT molecular complexity index is 426. The third kappa shape index (κ3) is 4.80. The molecule has 2 atom stereocenters. The van der Waals surface area contributed by atoms with Crippen LogP contribution in [0.25, 0.3) is 0 Å². The van der Waals surface area contributed by atoms with E-state index in [1.165, 1.54) is 7.11 Å². The van der Waals surface area contributed by atoms with Gasteiger partial charge >= 0.3 is 5.97 Å². The number of carbonyl (C=O) groups excluding carboxylic acids is 1. The van der Waals surface area contributed by atoms with Crippen LogP contribution in [-0.4, -0.2) is 23.8 Å². The molecule has 1 rings (SSSR count). The normalized spacial score (nSPS) is 15.4. The molecule has 0 aromatic heterocycles. The first-order valence-electron chi connectivity index (χ1n) is 6.95. The summed E-state index contributed by atoms with van der Waals surface area (Å²) in [6.07, 6.45) is 2.89. The zero-order valence-electron chi connectivity index (χ0n) is 12.4. The second-order valence-electron chi connectivity index (χ2n) is 5.38. The molecule has 0 saturated carbocycles. The van der Waals surface area contributed by atoms with Gasteiger partial charge in [0.25, 0.3) is 0 Å². The summed E-state index contributed by atoms with van der Waals surface area (Å²) in [5.74, 6) is -0.861. The average Bonchev–Trinajstić information content (AvgIpc) is 2.41. The number of esters is 1. The molecule has 0 radical (unpaired) electrons. The van der Waals surface area contributed by atoms with Gasteiger partial charge in [0, 0.05) is 11.4 Å². The Hall–Kier alpha value is -1.06. The van der Waals surface area contributed by atoms with Crippen molar-refractivity contribution >= 4 is 17.6 Å². The minimum Gasteiger partial charge on any atom is -0.469 e. The first-order valence-corrected chi connectivity index (χ1v) is 7.33. The Morgan fingerprint density at radius 1 is 1.40 bits per heavy atom. The van der Waals surface area contributed by atoms with E-state index >= 15 is 0 Å². The fourth-order valence-electron chi connectivity index (χ4n) is 2.37. The number of hydrogen-bond donors (Lipinski definition) is 1. The fraction of sp³-hybridized carbons (Fsp3) is 0.562. The first-order chi connectivity index (χ1) is 9.40. The molecule has 3 nitrogen and oxygen atoms in total. The summed E-state index contributed by atoms with van der Waals surface area (Å²) in [4.78, 5) is 11.9. The van der Waals surface area contributed by atoms with Crippen LogP contribution in [0.1, 0.15) is 38.7 Å². The minimum absolute atomic E-state index is 0.350. The van der Waals surface area contributed by atoms with Gasteiger partial charge in [-0.3, -0.25) is 4.79 Å². The van der Waals surface area contributed by atoms with E-state index in [-0.39, 0.29) is 5.97 Å². The first kappa shape index (κ1) is 17.0. The van der Waals surface area contributed by atoms with Gasteiger partial charge in [-0.25, -0.2) is 0 Å². The van der Waals surface area contributed by atoms with Crippen molar-refractivity contribution in [3.8, 4) is 0 Å². The van der Waals surface area contributed by atoms with Crippen molar-refractivity contribution in [2.24, 2.45) is 5.92 Å². The highest BCUT2D eigenvalue weighted by Gasteiger charge is 2.37. The van der Waals surface area contributed by atoms with Crippen molar-refractivity contribution in [1.29, 1.82) is 0 Å². The van der Waals surface area contributed by atoms with Crippen LogP contribution in [0, 0.1) is 5.92 Å². The average molecular weight is 299 g/mol. The molecular weight excluding hydrogens is 276 g/mol. The summed E-state index contributed by atoms with van der Waals surface area (Å²) in [5.41, 5.74) is -0.180. The van der Waals surface area contributed by atoms with Crippen molar-refractivity contribution in [3.05, 3.63) is 34.9 Å². The quantitative estimate of drug-likeness (QED) is 0.782. The Balaban J connectivity index is 2.85. The molecule has 0 amide bonds. The summed E-state index contributed by atoms with van der Waals surface area (Å²) in [6.45, 7) is 3.75. The van der Waals surface area contributed by atoms with Gasteiger partial charge in [-0.15, -0.1) is 0 Å². The Kier molecular flexibility index (Phi) is 6.50. The number of rotatable bonds is 7. The lowest BCUT2D eigenvalue weighted by Gasteiger charge is -2.31. The lowest BCUT2D eigenvalue weighted by atomic mass is 9.81. The number of halogens is 1. The van der Waals surface area contributed by atoms with Crippen LogP contribution in [0.5, 0.6) is 0 Å². The molecule has 4 heteroatoms. The SMILES string of the molecule is CCCCC(C(=O)OC)C(C)(O)Cc1ccc(Cl)cc1. The third-order valence-electron chi connectivity index (χ3n) is 3.56. The maximum atomic E-state index is 11.9. The van der Waals surface area contributed by atoms with E-state index in [0.717, 1.165) is 18.4 Å². The summed E-state index contributed by atoms with van der Waals surface area (Å²) in [6, 6.07) is 7.30. The number of benzene rings is 1. The van der Waals surface area contributed by atoms with Crippen LogP contribution in [0.3, 0.4) is 0 Å². The van der Waals surface area contributed by atoms with Crippen LogP contribution >= 0.6 is 11.6 Å². The molecule has 0 bridgehead atoms. The molecule has 0 heterocycles. The Morgan fingerprint density at radius 3 is 2.50 bits per heavy atom. The topological polar surface area (TPSA) is 46.5 Å². The molecule has 0 aliphatic carbocycles. The molecule has 1 aromatic carbocycles. The number of methoxy groups -OCH3 is 1. The van der Waals surface area contributed by atoms with Crippen LogP contribution in [0.15, 0.2) is 24.3 Å². The van der Waals surface area contributed by atoms with Crippen LogP contribution in [0.2, 0.25) is 5.02 Å². The number of unbranched alkanes of at least 4 members (excludes halogenated alkanes) is 1. The molecule has 0 aliphatic rings. The molecule has 2 unspecified atom stereocenters. The predicted molar refractivity (Wildman–Crippen MR) is 80.8 cm³/mol. The summed E-state index contributed by atoms with van der Waals surface area (Å²) in [5, 5.41) is 11.3. The summed E-state index contributed by atoms with van der Waals surface area (Å²) >= 11 is 5.85. The van der Waals surface area contributed by atoms with Crippen molar-refractivity contribution in [1.82, 2.24) is 0 Å². The van der Waals surface area contributed by atoms with Crippen molar-refractivity contribution in [2.45, 2.75) is 45.1 Å². The van der Waals surface area contributed by atoms with Gasteiger partial charge in [-0.2, -0.15) is 0 Å². The van der Waals surface area contributed by atoms with Crippen molar-refractivity contribution < 1.29 is 14.6 Å². The highest BCUT2D eigenvalue weighted by atomic mass is 35.5. The molecular formula is C16H23ClO3. The Morgan fingerprint density at radius 2 is 2.00 bits per heavy atom. The Labute approximate surface area is 125 Å². The van der Waals surface area contributed by atoms with Crippen molar-refractivity contribution in [3.63, 3.8) is 0 Å². The second kappa shape index (κ2) is 7.65. The molecule has 1 N–H and O–H groups in total. The molecule has 20 heavy (non-hydrogen) atoms. The highest BCUT2D eigenvalue weighted by molar-refractivity contribution is 6.30. The predicted octanol–water partition coefficient (Wildman–Crippen LogP) is 3.61. The second-order valence-corrected chi connectivity index (χ2v) is 5.81. The van der Waals surface area contributed by atoms with Crippen LogP contribution in [-0.2, 0) is 16.0 Å². The van der Waals surface area contributed by atoms with Gasteiger partial charge in [0.1, 0.15) is 0 Å². The molecule has 0 saturated heterocycles. The van der Waals surface area contributed by atoms with E-state index in [4.69, 9.17) is 16.3 Å². The zero-order valence-corrected chi connectivity index (χ0v) is 13.1. The van der Waals surface area contributed by atoms with Gasteiger partial charge in [-0.05, 0) is 31.0 Å². The maximum absolute atomic E-state index is 11.9. The van der Waals surface area contributed by atoms with Gasteiger partial charge in [0.15, 0.2) is 0 Å². The van der Waals surface area contributed by atoms with Gasteiger partial charge < -0.3 is 9.84 Å². The lowest BCUT2D eigenvalue weighted by molar-refractivity contribution is -0.155. The maximum Gasteiger partial charge on any atom is 0.311 e. The van der Waals surface area contributed by atoms with Crippen molar-refractivity contribution in [2.75, 3.05) is 7.11 Å². The number of carbonyl (C=O) groups is 1. The van der Waals surface area contributed by atoms with E-state index in [1.807, 2.05) is 12.1 Å². The van der Waals surface area contributed by atoms with E-state index in [2.05, 4.69) is 6.92 Å².